The van der Waals surface area contributed by atoms with Gasteiger partial charge < -0.3 is 15.5 Å². The second-order valence-electron chi connectivity index (χ2n) is 5.14. The third kappa shape index (κ3) is 5.02. The first-order valence-electron chi connectivity index (χ1n) is 7.24. The number of amides is 1. The molecule has 1 amide bonds. The van der Waals surface area contributed by atoms with Crippen molar-refractivity contribution in [3.63, 3.8) is 0 Å². The van der Waals surface area contributed by atoms with Gasteiger partial charge in [-0.05, 0) is 19.1 Å². The van der Waals surface area contributed by atoms with Crippen LogP contribution in [0.3, 0.4) is 0 Å². The molecule has 9 heteroatoms. The summed E-state index contributed by atoms with van der Waals surface area (Å²) < 4.78 is 0. The van der Waals surface area contributed by atoms with E-state index in [1.54, 1.807) is 18.5 Å². The topological polar surface area (TPSA) is 83.0 Å². The second-order valence-corrected chi connectivity index (χ2v) is 5.14. The standard InChI is InChI=1S/C15H18N6O.2ClH/c1-11-8-18-13(10-17-11)15(22)20-14-3-2-12(9-19-14)21-6-4-16-5-7-21;;/h2-3,8-10,16H,4-7H2,1H3,(H,19,20,22);2*1H. The number of rotatable bonds is 3. The third-order valence-electron chi connectivity index (χ3n) is 3.49. The van der Waals surface area contributed by atoms with Crippen LogP contribution in [0.1, 0.15) is 16.2 Å². The Bertz CT molecular complexity index is 644. The van der Waals surface area contributed by atoms with E-state index >= 15 is 0 Å². The number of nitrogens with one attached hydrogen (secondary N) is 2. The van der Waals surface area contributed by atoms with Crippen LogP contribution in [0.5, 0.6) is 0 Å². The maximum Gasteiger partial charge on any atom is 0.277 e. The summed E-state index contributed by atoms with van der Waals surface area (Å²) in [4.78, 5) is 26.7. The van der Waals surface area contributed by atoms with Crippen molar-refractivity contribution in [3.8, 4) is 0 Å². The molecule has 0 atom stereocenters. The highest BCUT2D eigenvalue weighted by molar-refractivity contribution is 6.02. The number of hydrogen-bond donors (Lipinski definition) is 2. The Morgan fingerprint density at radius 2 is 1.83 bits per heavy atom. The van der Waals surface area contributed by atoms with E-state index < -0.39 is 0 Å². The summed E-state index contributed by atoms with van der Waals surface area (Å²) >= 11 is 0. The third-order valence-corrected chi connectivity index (χ3v) is 3.49. The van der Waals surface area contributed by atoms with Gasteiger partial charge >= 0.3 is 0 Å². The molecule has 3 heterocycles. The van der Waals surface area contributed by atoms with Crippen molar-refractivity contribution in [2.45, 2.75) is 6.92 Å². The number of aryl methyl sites for hydroxylation is 1. The van der Waals surface area contributed by atoms with Crippen molar-refractivity contribution in [1.82, 2.24) is 20.3 Å². The Kier molecular flexibility index (Phi) is 7.84. The fourth-order valence-corrected chi connectivity index (χ4v) is 2.26. The molecule has 130 valence electrons. The van der Waals surface area contributed by atoms with E-state index in [1.807, 2.05) is 13.0 Å². The van der Waals surface area contributed by atoms with Gasteiger partial charge in [0, 0.05) is 32.4 Å². The van der Waals surface area contributed by atoms with Crippen molar-refractivity contribution in [2.75, 3.05) is 36.4 Å². The van der Waals surface area contributed by atoms with E-state index in [0.29, 0.717) is 5.82 Å². The van der Waals surface area contributed by atoms with Gasteiger partial charge in [0.2, 0.25) is 0 Å². The molecule has 2 aromatic rings. The zero-order chi connectivity index (χ0) is 15.4. The molecule has 0 aromatic carbocycles. The minimum absolute atomic E-state index is 0. The summed E-state index contributed by atoms with van der Waals surface area (Å²) in [5.74, 6) is 0.196. The molecule has 0 spiro atoms. The SMILES string of the molecule is Cc1cnc(C(=O)Nc2ccc(N3CCNCC3)cn2)cn1.Cl.Cl. The van der Waals surface area contributed by atoms with Crippen molar-refractivity contribution in [2.24, 2.45) is 0 Å². The van der Waals surface area contributed by atoms with Gasteiger partial charge in [-0.1, -0.05) is 0 Å². The van der Waals surface area contributed by atoms with Gasteiger partial charge in [-0.3, -0.25) is 9.78 Å². The van der Waals surface area contributed by atoms with Crippen LogP contribution in [0.15, 0.2) is 30.7 Å². The van der Waals surface area contributed by atoms with Gasteiger partial charge in [0.15, 0.2) is 0 Å². The van der Waals surface area contributed by atoms with Crippen LogP contribution >= 0.6 is 24.8 Å². The Morgan fingerprint density at radius 3 is 2.42 bits per heavy atom. The first-order chi connectivity index (χ1) is 10.7. The van der Waals surface area contributed by atoms with E-state index in [2.05, 4.69) is 30.5 Å². The summed E-state index contributed by atoms with van der Waals surface area (Å²) in [7, 11) is 0. The molecule has 0 unspecified atom stereocenters. The lowest BCUT2D eigenvalue weighted by Crippen LogP contribution is -2.43. The van der Waals surface area contributed by atoms with Crippen LogP contribution in [-0.2, 0) is 0 Å². The smallest absolute Gasteiger partial charge is 0.277 e. The molecule has 3 rings (SSSR count). The number of anilines is 2. The predicted molar refractivity (Wildman–Crippen MR) is 98.5 cm³/mol. The van der Waals surface area contributed by atoms with E-state index in [9.17, 15) is 4.79 Å². The van der Waals surface area contributed by atoms with E-state index in [0.717, 1.165) is 37.6 Å². The average molecular weight is 371 g/mol. The fraction of sp³-hybridized carbons (Fsp3) is 0.333. The number of halogens is 2. The Labute approximate surface area is 153 Å². The van der Waals surface area contributed by atoms with Gasteiger partial charge in [0.1, 0.15) is 11.5 Å². The van der Waals surface area contributed by atoms with E-state index in [1.165, 1.54) is 6.20 Å². The predicted octanol–water partition coefficient (Wildman–Crippen LogP) is 1.69. The summed E-state index contributed by atoms with van der Waals surface area (Å²) in [6.07, 6.45) is 4.80. The largest absolute Gasteiger partial charge is 0.368 e. The Hall–Kier alpha value is -1.96. The first-order valence-corrected chi connectivity index (χ1v) is 7.24. The average Bonchev–Trinajstić information content (AvgIpc) is 2.57. The van der Waals surface area contributed by atoms with Crippen LogP contribution < -0.4 is 15.5 Å². The lowest BCUT2D eigenvalue weighted by Gasteiger charge is -2.29. The molecule has 2 N–H and O–H groups in total. The number of pyridine rings is 1. The Balaban J connectivity index is 0.00000144. The number of carbonyl (C=O) groups is 1. The summed E-state index contributed by atoms with van der Waals surface area (Å²) in [6, 6.07) is 3.77. The van der Waals surface area contributed by atoms with Crippen molar-refractivity contribution < 1.29 is 4.79 Å². The molecule has 7 nitrogen and oxygen atoms in total. The minimum atomic E-state index is -0.310. The lowest BCUT2D eigenvalue weighted by molar-refractivity contribution is 0.102. The van der Waals surface area contributed by atoms with Crippen LogP contribution in [0.25, 0.3) is 0 Å². The molecule has 0 bridgehead atoms. The van der Waals surface area contributed by atoms with Gasteiger partial charge in [0.05, 0.1) is 23.8 Å². The highest BCUT2D eigenvalue weighted by Crippen LogP contribution is 2.15. The van der Waals surface area contributed by atoms with Gasteiger partial charge in [-0.25, -0.2) is 9.97 Å². The normalized spacial score (nSPS) is 13.5. The maximum absolute atomic E-state index is 12.0. The number of piperazine rings is 1. The molecule has 0 aliphatic carbocycles. The monoisotopic (exact) mass is 370 g/mol. The van der Waals surface area contributed by atoms with Crippen LogP contribution in [-0.4, -0.2) is 47.0 Å². The van der Waals surface area contributed by atoms with E-state index in [4.69, 9.17) is 0 Å². The molecular formula is C15H20Cl2N6O. The molecule has 0 radical (unpaired) electrons. The minimum Gasteiger partial charge on any atom is -0.368 e. The molecule has 24 heavy (non-hydrogen) atoms. The zero-order valence-corrected chi connectivity index (χ0v) is 14.9. The van der Waals surface area contributed by atoms with Crippen molar-refractivity contribution >= 4 is 42.2 Å². The van der Waals surface area contributed by atoms with Crippen molar-refractivity contribution in [1.29, 1.82) is 0 Å². The first kappa shape index (κ1) is 20.1. The van der Waals surface area contributed by atoms with Gasteiger partial charge in [-0.15, -0.1) is 24.8 Å². The number of carbonyl (C=O) groups excluding carboxylic acids is 1. The van der Waals surface area contributed by atoms with Crippen LogP contribution in [0.2, 0.25) is 0 Å². The molecule has 1 saturated heterocycles. The number of aromatic nitrogens is 3. The molecule has 1 aliphatic rings. The van der Waals surface area contributed by atoms with Crippen LogP contribution in [0, 0.1) is 6.92 Å². The molecule has 1 fully saturated rings. The molecule has 1 aliphatic heterocycles. The second kappa shape index (κ2) is 9.36. The summed E-state index contributed by atoms with van der Waals surface area (Å²) in [6.45, 7) is 5.71. The maximum atomic E-state index is 12.0. The fourth-order valence-electron chi connectivity index (χ4n) is 2.26. The zero-order valence-electron chi connectivity index (χ0n) is 13.2. The lowest BCUT2D eigenvalue weighted by atomic mass is 10.3. The highest BCUT2D eigenvalue weighted by Gasteiger charge is 2.12. The molecular weight excluding hydrogens is 351 g/mol. The molecule has 2 aromatic heterocycles. The van der Waals surface area contributed by atoms with Crippen LogP contribution in [0.4, 0.5) is 11.5 Å². The van der Waals surface area contributed by atoms with E-state index in [-0.39, 0.29) is 36.4 Å². The van der Waals surface area contributed by atoms with Gasteiger partial charge in [0.25, 0.3) is 5.91 Å². The quantitative estimate of drug-likeness (QED) is 0.855. The Morgan fingerprint density at radius 1 is 1.08 bits per heavy atom. The number of nitrogens with zero attached hydrogens (tertiary/aromatic N) is 4. The van der Waals surface area contributed by atoms with Gasteiger partial charge in [-0.2, -0.15) is 0 Å². The number of hydrogen-bond acceptors (Lipinski definition) is 6. The summed E-state index contributed by atoms with van der Waals surface area (Å²) in [5.41, 5.74) is 2.11. The summed E-state index contributed by atoms with van der Waals surface area (Å²) in [5, 5.41) is 6.04. The van der Waals surface area contributed by atoms with Crippen molar-refractivity contribution in [3.05, 3.63) is 42.1 Å². The molecule has 0 saturated carbocycles. The highest BCUT2D eigenvalue weighted by atomic mass is 35.5.